The highest BCUT2D eigenvalue weighted by molar-refractivity contribution is 5.02. The van der Waals surface area contributed by atoms with Crippen molar-refractivity contribution < 1.29 is 14.6 Å². The minimum absolute atomic E-state index is 0.0363. The Balaban J connectivity index is 1.84. The molecule has 1 rings (SSSR count). The summed E-state index contributed by atoms with van der Waals surface area (Å²) in [6, 6.07) is 0. The van der Waals surface area contributed by atoms with Crippen LogP contribution in [0.2, 0.25) is 0 Å². The van der Waals surface area contributed by atoms with Crippen LogP contribution in [-0.4, -0.2) is 30.7 Å². The van der Waals surface area contributed by atoms with Crippen molar-refractivity contribution in [2.45, 2.75) is 96.4 Å². The fourth-order valence-corrected chi connectivity index (χ4v) is 2.85. The largest absolute Gasteiger partial charge is 0.393 e. The van der Waals surface area contributed by atoms with Crippen LogP contribution in [0.3, 0.4) is 0 Å². The van der Waals surface area contributed by atoms with Crippen molar-refractivity contribution in [3.8, 4) is 0 Å². The molecule has 0 saturated carbocycles. The number of aliphatic hydroxyl groups is 1. The predicted molar refractivity (Wildman–Crippen MR) is 101 cm³/mol. The van der Waals surface area contributed by atoms with E-state index in [2.05, 4.69) is 31.2 Å². The minimum atomic E-state index is -0.142. The molecule has 0 radical (unpaired) electrons. The first-order valence-electron chi connectivity index (χ1n) is 10.1. The highest BCUT2D eigenvalue weighted by Crippen LogP contribution is 2.15. The van der Waals surface area contributed by atoms with Crippen molar-refractivity contribution in [2.75, 3.05) is 13.2 Å². The summed E-state index contributed by atoms with van der Waals surface area (Å²) in [5, 5.41) is 9.99. The molecule has 1 aliphatic rings. The molecule has 24 heavy (non-hydrogen) atoms. The Hall–Kier alpha value is -0.640. The molecule has 1 fully saturated rings. The van der Waals surface area contributed by atoms with E-state index >= 15 is 0 Å². The summed E-state index contributed by atoms with van der Waals surface area (Å²) in [7, 11) is 0. The van der Waals surface area contributed by atoms with Crippen molar-refractivity contribution in [1.82, 2.24) is 0 Å². The Morgan fingerprint density at radius 3 is 2.58 bits per heavy atom. The smallest absolute Gasteiger partial charge is 0.157 e. The maximum Gasteiger partial charge on any atom is 0.157 e. The molecule has 0 bridgehead atoms. The molecule has 2 unspecified atom stereocenters. The molecule has 140 valence electrons. The summed E-state index contributed by atoms with van der Waals surface area (Å²) >= 11 is 0. The second-order valence-electron chi connectivity index (χ2n) is 6.75. The maximum atomic E-state index is 9.99. The highest BCUT2D eigenvalue weighted by atomic mass is 16.7. The predicted octanol–water partition coefficient (Wildman–Crippen LogP) is 5.53. The van der Waals surface area contributed by atoms with Gasteiger partial charge in [0.25, 0.3) is 0 Å². The Kier molecular flexibility index (Phi) is 14.1. The van der Waals surface area contributed by atoms with Crippen LogP contribution in [-0.2, 0) is 9.47 Å². The van der Waals surface area contributed by atoms with Crippen molar-refractivity contribution in [1.29, 1.82) is 0 Å². The van der Waals surface area contributed by atoms with Crippen LogP contribution in [0.25, 0.3) is 0 Å². The molecule has 0 aromatic carbocycles. The van der Waals surface area contributed by atoms with Gasteiger partial charge in [-0.05, 0) is 57.8 Å². The molecule has 0 spiro atoms. The quantitative estimate of drug-likeness (QED) is 0.334. The first kappa shape index (κ1) is 21.4. The number of ether oxygens (including phenoxy) is 2. The normalized spacial score (nSPS) is 20.2. The van der Waals surface area contributed by atoms with E-state index in [1.54, 1.807) is 0 Å². The fourth-order valence-electron chi connectivity index (χ4n) is 2.85. The lowest BCUT2D eigenvalue weighted by molar-refractivity contribution is -0.162. The Labute approximate surface area is 149 Å². The van der Waals surface area contributed by atoms with Crippen LogP contribution < -0.4 is 0 Å². The topological polar surface area (TPSA) is 38.7 Å². The third kappa shape index (κ3) is 12.7. The number of rotatable bonds is 14. The fraction of sp³-hybridized carbons (Fsp3) is 0.810. The van der Waals surface area contributed by atoms with Crippen LogP contribution in [0.1, 0.15) is 84.0 Å². The molecule has 0 aromatic rings. The molecule has 0 amide bonds. The second kappa shape index (κ2) is 15.9. The summed E-state index contributed by atoms with van der Waals surface area (Å²) in [5.74, 6) is 0. The van der Waals surface area contributed by atoms with Gasteiger partial charge in [0, 0.05) is 13.2 Å². The van der Waals surface area contributed by atoms with Gasteiger partial charge in [-0.2, -0.15) is 0 Å². The number of allylic oxidation sites excluding steroid dienone is 4. The van der Waals surface area contributed by atoms with E-state index in [1.165, 1.54) is 19.3 Å². The van der Waals surface area contributed by atoms with Crippen LogP contribution in [0.15, 0.2) is 24.3 Å². The Morgan fingerprint density at radius 2 is 1.83 bits per heavy atom. The first-order valence-corrected chi connectivity index (χ1v) is 10.1. The van der Waals surface area contributed by atoms with E-state index in [4.69, 9.17) is 9.47 Å². The van der Waals surface area contributed by atoms with Gasteiger partial charge in [-0.15, -0.1) is 0 Å². The molecular weight excluding hydrogens is 300 g/mol. The van der Waals surface area contributed by atoms with Gasteiger partial charge in [-0.1, -0.05) is 50.5 Å². The van der Waals surface area contributed by atoms with E-state index in [0.29, 0.717) is 0 Å². The zero-order chi connectivity index (χ0) is 17.3. The summed E-state index contributed by atoms with van der Waals surface area (Å²) in [4.78, 5) is 0. The summed E-state index contributed by atoms with van der Waals surface area (Å²) < 4.78 is 11.3. The minimum Gasteiger partial charge on any atom is -0.393 e. The highest BCUT2D eigenvalue weighted by Gasteiger charge is 2.13. The van der Waals surface area contributed by atoms with Crippen molar-refractivity contribution in [3.63, 3.8) is 0 Å². The van der Waals surface area contributed by atoms with Crippen LogP contribution in [0.4, 0.5) is 0 Å². The molecule has 1 saturated heterocycles. The first-order chi connectivity index (χ1) is 11.8. The second-order valence-corrected chi connectivity index (χ2v) is 6.75. The van der Waals surface area contributed by atoms with E-state index in [1.807, 2.05) is 0 Å². The SMILES string of the molecule is CCC/C=C\C=C\CCCC(O)CCCCCOC1CCCCO1. The van der Waals surface area contributed by atoms with Crippen LogP contribution in [0.5, 0.6) is 0 Å². The van der Waals surface area contributed by atoms with Crippen LogP contribution in [0, 0.1) is 0 Å². The zero-order valence-corrected chi connectivity index (χ0v) is 15.6. The van der Waals surface area contributed by atoms with E-state index in [9.17, 15) is 5.11 Å². The lowest BCUT2D eigenvalue weighted by atomic mass is 10.1. The third-order valence-electron chi connectivity index (χ3n) is 4.37. The van der Waals surface area contributed by atoms with E-state index in [0.717, 1.165) is 71.0 Å². The molecular formula is C21H38O3. The Bertz CT molecular complexity index is 319. The lowest BCUT2D eigenvalue weighted by Gasteiger charge is -2.22. The van der Waals surface area contributed by atoms with Gasteiger partial charge in [0.05, 0.1) is 6.10 Å². The molecule has 1 aliphatic heterocycles. The molecule has 3 nitrogen and oxygen atoms in total. The van der Waals surface area contributed by atoms with Gasteiger partial charge >= 0.3 is 0 Å². The number of aliphatic hydroxyl groups excluding tert-OH is 1. The monoisotopic (exact) mass is 338 g/mol. The molecule has 3 heteroatoms. The van der Waals surface area contributed by atoms with Crippen molar-refractivity contribution >= 4 is 0 Å². The van der Waals surface area contributed by atoms with Gasteiger partial charge < -0.3 is 14.6 Å². The Morgan fingerprint density at radius 1 is 1.04 bits per heavy atom. The van der Waals surface area contributed by atoms with Crippen molar-refractivity contribution in [2.24, 2.45) is 0 Å². The van der Waals surface area contributed by atoms with Gasteiger partial charge in [0.1, 0.15) is 0 Å². The average molecular weight is 339 g/mol. The average Bonchev–Trinajstić information content (AvgIpc) is 2.61. The molecule has 1 heterocycles. The number of hydrogen-bond acceptors (Lipinski definition) is 3. The van der Waals surface area contributed by atoms with Crippen LogP contribution >= 0.6 is 0 Å². The van der Waals surface area contributed by atoms with Gasteiger partial charge in [0.2, 0.25) is 0 Å². The number of unbranched alkanes of at least 4 members (excludes halogenated alkanes) is 4. The summed E-state index contributed by atoms with van der Waals surface area (Å²) in [5.41, 5.74) is 0. The molecule has 2 atom stereocenters. The standard InChI is InChI=1S/C21H38O3/c1-2-3-4-5-6-7-8-10-15-20(22)16-11-9-13-18-23-21-17-12-14-19-24-21/h4-7,20-22H,2-3,8-19H2,1H3/b5-4-,7-6+. The number of hydrogen-bond donors (Lipinski definition) is 1. The maximum absolute atomic E-state index is 9.99. The van der Waals surface area contributed by atoms with Crippen molar-refractivity contribution in [3.05, 3.63) is 24.3 Å². The van der Waals surface area contributed by atoms with Gasteiger partial charge in [-0.3, -0.25) is 0 Å². The van der Waals surface area contributed by atoms with E-state index in [-0.39, 0.29) is 12.4 Å². The summed E-state index contributed by atoms with van der Waals surface area (Å²) in [6.45, 7) is 3.83. The third-order valence-corrected chi connectivity index (χ3v) is 4.37. The van der Waals surface area contributed by atoms with Gasteiger partial charge in [-0.25, -0.2) is 0 Å². The lowest BCUT2D eigenvalue weighted by Crippen LogP contribution is -2.22. The van der Waals surface area contributed by atoms with E-state index < -0.39 is 0 Å². The zero-order valence-electron chi connectivity index (χ0n) is 15.6. The molecule has 0 aliphatic carbocycles. The van der Waals surface area contributed by atoms with Gasteiger partial charge in [0.15, 0.2) is 6.29 Å². The summed E-state index contributed by atoms with van der Waals surface area (Å²) in [6.07, 6.45) is 21.6. The molecule has 1 N–H and O–H groups in total. The molecule has 0 aromatic heterocycles.